The highest BCUT2D eigenvalue weighted by atomic mass is 32.2. The number of hydrogen-bond donors (Lipinski definition) is 3. The molecule has 0 aromatic carbocycles. The summed E-state index contributed by atoms with van der Waals surface area (Å²) in [6, 6.07) is 0. The average Bonchev–Trinajstić information content (AvgIpc) is 3.03. The summed E-state index contributed by atoms with van der Waals surface area (Å²) in [6.07, 6.45) is 4.44. The third-order valence-corrected chi connectivity index (χ3v) is 5.17. The standard InChI is InChI=1S/C12H19N3O2S2/c1-14-11(16)9-8(13)10(18-2)12(19-9)15-6-7-4-3-5-17-7/h7,15H,3-6,13H2,1-2H3,(H,14,16). The van der Waals surface area contributed by atoms with E-state index < -0.39 is 0 Å². The fourth-order valence-electron chi connectivity index (χ4n) is 2.04. The van der Waals surface area contributed by atoms with Gasteiger partial charge in [-0.05, 0) is 19.1 Å². The first kappa shape index (κ1) is 14.5. The minimum Gasteiger partial charge on any atom is -0.396 e. The first-order valence-corrected chi connectivity index (χ1v) is 8.25. The molecule has 2 heterocycles. The van der Waals surface area contributed by atoms with Crippen LogP contribution in [0.1, 0.15) is 22.5 Å². The number of nitrogen functional groups attached to an aromatic ring is 1. The molecule has 0 radical (unpaired) electrons. The summed E-state index contributed by atoms with van der Waals surface area (Å²) in [5.74, 6) is -0.136. The summed E-state index contributed by atoms with van der Waals surface area (Å²) in [4.78, 5) is 13.3. The number of nitrogens with two attached hydrogens (primary N) is 1. The molecule has 1 atom stereocenters. The molecule has 0 aliphatic carbocycles. The summed E-state index contributed by atoms with van der Waals surface area (Å²) in [7, 11) is 1.61. The van der Waals surface area contributed by atoms with Crippen molar-refractivity contribution in [2.75, 3.05) is 37.5 Å². The van der Waals surface area contributed by atoms with E-state index in [0.717, 1.165) is 35.9 Å². The first-order chi connectivity index (χ1) is 9.17. The second kappa shape index (κ2) is 6.49. The topological polar surface area (TPSA) is 76.4 Å². The number of hydrogen-bond acceptors (Lipinski definition) is 6. The van der Waals surface area contributed by atoms with Gasteiger partial charge in [-0.1, -0.05) is 0 Å². The van der Waals surface area contributed by atoms with Crippen LogP contribution in [0.15, 0.2) is 4.90 Å². The minimum atomic E-state index is -0.136. The van der Waals surface area contributed by atoms with Gasteiger partial charge in [-0.15, -0.1) is 23.1 Å². The number of thioether (sulfide) groups is 1. The van der Waals surface area contributed by atoms with Gasteiger partial charge >= 0.3 is 0 Å². The highest BCUT2D eigenvalue weighted by molar-refractivity contribution is 7.99. The van der Waals surface area contributed by atoms with E-state index in [1.54, 1.807) is 18.8 Å². The number of amides is 1. The Hall–Kier alpha value is -0.920. The number of anilines is 2. The van der Waals surface area contributed by atoms with Gasteiger partial charge in [0.2, 0.25) is 0 Å². The van der Waals surface area contributed by atoms with Gasteiger partial charge in [0.25, 0.3) is 5.91 Å². The third-order valence-electron chi connectivity index (χ3n) is 3.05. The molecule has 5 nitrogen and oxygen atoms in total. The zero-order valence-electron chi connectivity index (χ0n) is 11.1. The molecule has 1 aromatic heterocycles. The van der Waals surface area contributed by atoms with Gasteiger partial charge in [-0.3, -0.25) is 4.79 Å². The van der Waals surface area contributed by atoms with Crippen LogP contribution in [0.25, 0.3) is 0 Å². The van der Waals surface area contributed by atoms with Crippen LogP contribution < -0.4 is 16.4 Å². The number of rotatable bonds is 5. The van der Waals surface area contributed by atoms with Gasteiger partial charge in [0.1, 0.15) is 9.88 Å². The van der Waals surface area contributed by atoms with Gasteiger partial charge in [0.05, 0.1) is 16.7 Å². The fraction of sp³-hybridized carbons (Fsp3) is 0.583. The monoisotopic (exact) mass is 301 g/mol. The Labute approximate surface area is 121 Å². The Morgan fingerprint density at radius 3 is 3.00 bits per heavy atom. The lowest BCUT2D eigenvalue weighted by molar-refractivity contribution is 0.0968. The summed E-state index contributed by atoms with van der Waals surface area (Å²) in [5.41, 5.74) is 6.59. The molecule has 1 unspecified atom stereocenters. The number of thiophene rings is 1. The normalized spacial score (nSPS) is 18.5. The molecule has 0 spiro atoms. The smallest absolute Gasteiger partial charge is 0.263 e. The summed E-state index contributed by atoms with van der Waals surface area (Å²) >= 11 is 2.96. The van der Waals surface area contributed by atoms with Crippen LogP contribution in [-0.2, 0) is 4.74 Å². The van der Waals surface area contributed by atoms with Gasteiger partial charge in [-0.25, -0.2) is 0 Å². The number of ether oxygens (including phenoxy) is 1. The molecule has 1 saturated heterocycles. The van der Waals surface area contributed by atoms with E-state index in [2.05, 4.69) is 10.6 Å². The third kappa shape index (κ3) is 3.16. The molecular formula is C12H19N3O2S2. The van der Waals surface area contributed by atoms with Crippen molar-refractivity contribution < 1.29 is 9.53 Å². The lowest BCUT2D eigenvalue weighted by Crippen LogP contribution is -2.18. The molecule has 0 saturated carbocycles. The van der Waals surface area contributed by atoms with Crippen molar-refractivity contribution in [1.29, 1.82) is 0 Å². The van der Waals surface area contributed by atoms with E-state index in [1.807, 2.05) is 6.26 Å². The highest BCUT2D eigenvalue weighted by Crippen LogP contribution is 2.41. The Kier molecular flexibility index (Phi) is 4.95. The predicted molar refractivity (Wildman–Crippen MR) is 81.4 cm³/mol. The summed E-state index contributed by atoms with van der Waals surface area (Å²) in [5, 5.41) is 6.93. The van der Waals surface area contributed by atoms with Crippen LogP contribution in [0, 0.1) is 0 Å². The van der Waals surface area contributed by atoms with Crippen LogP contribution in [-0.4, -0.2) is 38.5 Å². The molecule has 1 aliphatic heterocycles. The second-order valence-corrected chi connectivity index (χ2v) is 6.14. The molecule has 19 heavy (non-hydrogen) atoms. The molecule has 7 heteroatoms. The molecule has 1 aliphatic rings. The van der Waals surface area contributed by atoms with E-state index in [9.17, 15) is 4.79 Å². The van der Waals surface area contributed by atoms with Gasteiger partial charge in [0.15, 0.2) is 0 Å². The Bertz CT molecular complexity index is 456. The number of carbonyl (C=O) groups excluding carboxylic acids is 1. The maximum absolute atomic E-state index is 11.7. The van der Waals surface area contributed by atoms with E-state index in [4.69, 9.17) is 10.5 Å². The Balaban J connectivity index is 2.12. The minimum absolute atomic E-state index is 0.136. The summed E-state index contributed by atoms with van der Waals surface area (Å²) in [6.45, 7) is 1.61. The molecule has 2 rings (SSSR count). The first-order valence-electron chi connectivity index (χ1n) is 6.21. The van der Waals surface area contributed by atoms with E-state index in [1.165, 1.54) is 11.3 Å². The molecule has 0 bridgehead atoms. The maximum atomic E-state index is 11.7. The fourth-order valence-corrected chi connectivity index (χ4v) is 4.03. The molecule has 1 aromatic rings. The number of nitrogens with one attached hydrogen (secondary N) is 2. The molecular weight excluding hydrogens is 282 g/mol. The van der Waals surface area contributed by atoms with Crippen molar-refractivity contribution in [2.24, 2.45) is 0 Å². The predicted octanol–water partition coefficient (Wildman–Crippen LogP) is 2.00. The molecule has 4 N–H and O–H groups in total. The number of carbonyl (C=O) groups is 1. The highest BCUT2D eigenvalue weighted by Gasteiger charge is 2.21. The van der Waals surface area contributed by atoms with E-state index in [-0.39, 0.29) is 12.0 Å². The van der Waals surface area contributed by atoms with E-state index >= 15 is 0 Å². The quantitative estimate of drug-likeness (QED) is 0.725. The average molecular weight is 301 g/mol. The summed E-state index contributed by atoms with van der Waals surface area (Å²) < 4.78 is 5.58. The second-order valence-electron chi connectivity index (χ2n) is 4.30. The largest absolute Gasteiger partial charge is 0.396 e. The maximum Gasteiger partial charge on any atom is 0.263 e. The Morgan fingerprint density at radius 1 is 1.63 bits per heavy atom. The van der Waals surface area contributed by atoms with Crippen molar-refractivity contribution in [3.8, 4) is 0 Å². The van der Waals surface area contributed by atoms with Gasteiger partial charge < -0.3 is 21.1 Å². The zero-order chi connectivity index (χ0) is 13.8. The van der Waals surface area contributed by atoms with Crippen LogP contribution >= 0.6 is 23.1 Å². The lowest BCUT2D eigenvalue weighted by Gasteiger charge is -2.11. The Morgan fingerprint density at radius 2 is 2.42 bits per heavy atom. The SMILES string of the molecule is CNC(=O)c1sc(NCC2CCCO2)c(SC)c1N. The van der Waals surface area contributed by atoms with Crippen molar-refractivity contribution in [2.45, 2.75) is 23.8 Å². The van der Waals surface area contributed by atoms with Gasteiger partial charge in [-0.2, -0.15) is 0 Å². The van der Waals surface area contributed by atoms with Gasteiger partial charge in [0, 0.05) is 20.2 Å². The van der Waals surface area contributed by atoms with Crippen LogP contribution in [0.4, 0.5) is 10.7 Å². The molecule has 1 amide bonds. The molecule has 106 valence electrons. The van der Waals surface area contributed by atoms with Crippen molar-refractivity contribution in [3.05, 3.63) is 4.88 Å². The van der Waals surface area contributed by atoms with Crippen LogP contribution in [0.3, 0.4) is 0 Å². The van der Waals surface area contributed by atoms with Crippen molar-refractivity contribution in [3.63, 3.8) is 0 Å². The van der Waals surface area contributed by atoms with Crippen LogP contribution in [0.2, 0.25) is 0 Å². The zero-order valence-corrected chi connectivity index (χ0v) is 12.7. The van der Waals surface area contributed by atoms with Crippen LogP contribution in [0.5, 0.6) is 0 Å². The molecule has 1 fully saturated rings. The van der Waals surface area contributed by atoms with Crippen molar-refractivity contribution >= 4 is 39.7 Å². The van der Waals surface area contributed by atoms with Crippen molar-refractivity contribution in [1.82, 2.24) is 5.32 Å². The van der Waals surface area contributed by atoms with E-state index in [0.29, 0.717) is 10.6 Å². The lowest BCUT2D eigenvalue weighted by atomic mass is 10.2.